The maximum atomic E-state index is 12.6. The van der Waals surface area contributed by atoms with Crippen molar-refractivity contribution in [2.75, 3.05) is 18.1 Å². The average molecular weight is 372 g/mol. The lowest BCUT2D eigenvalue weighted by molar-refractivity contribution is -0.138. The van der Waals surface area contributed by atoms with Gasteiger partial charge in [0.05, 0.1) is 17.2 Å². The smallest absolute Gasteiger partial charge is 0.344 e. The summed E-state index contributed by atoms with van der Waals surface area (Å²) >= 11 is 0. The Bertz CT molecular complexity index is 735. The zero-order chi connectivity index (χ0) is 18.8. The first-order chi connectivity index (χ1) is 11.7. The number of hydrogen-bond acceptors (Lipinski definition) is 7. The summed E-state index contributed by atoms with van der Waals surface area (Å²) in [6.07, 6.45) is 1.09. The van der Waals surface area contributed by atoms with Crippen molar-refractivity contribution in [2.45, 2.75) is 52.6 Å². The molecule has 0 spiro atoms. The van der Waals surface area contributed by atoms with Crippen molar-refractivity contribution in [3.8, 4) is 0 Å². The van der Waals surface area contributed by atoms with Gasteiger partial charge in [0.1, 0.15) is 11.3 Å². The van der Waals surface area contributed by atoms with Crippen LogP contribution in [0.3, 0.4) is 0 Å². The number of nitrogens with zero attached hydrogens (tertiary/aromatic N) is 2. The van der Waals surface area contributed by atoms with Crippen molar-refractivity contribution >= 4 is 21.7 Å². The monoisotopic (exact) mass is 372 g/mol. The van der Waals surface area contributed by atoms with E-state index in [-0.39, 0.29) is 29.2 Å². The van der Waals surface area contributed by atoms with E-state index in [1.54, 1.807) is 18.7 Å². The SMILES string of the molecule is CC[C@@H](C)N(C(=O)COC(=O)c1c(C)noc1C)[C@@H]1CCS(=O)(=O)C1. The molecule has 9 heteroatoms. The van der Waals surface area contributed by atoms with Crippen molar-refractivity contribution in [1.29, 1.82) is 0 Å². The van der Waals surface area contributed by atoms with Crippen molar-refractivity contribution in [2.24, 2.45) is 0 Å². The first kappa shape index (κ1) is 19.4. The fourth-order valence-electron chi connectivity index (χ4n) is 3.05. The molecule has 1 aliphatic rings. The molecule has 140 valence electrons. The highest BCUT2D eigenvalue weighted by molar-refractivity contribution is 7.91. The molecule has 1 fully saturated rings. The van der Waals surface area contributed by atoms with E-state index in [2.05, 4.69) is 5.16 Å². The predicted octanol–water partition coefficient (Wildman–Crippen LogP) is 1.26. The van der Waals surface area contributed by atoms with Crippen LogP contribution in [0.2, 0.25) is 0 Å². The minimum atomic E-state index is -3.12. The Labute approximate surface area is 147 Å². The Morgan fingerprint density at radius 2 is 2.08 bits per heavy atom. The molecular formula is C16H24N2O6S. The van der Waals surface area contributed by atoms with Crippen LogP contribution in [0.1, 0.15) is 48.5 Å². The summed E-state index contributed by atoms with van der Waals surface area (Å²) in [5.74, 6) is -0.697. The van der Waals surface area contributed by atoms with Crippen molar-refractivity contribution in [3.05, 3.63) is 17.0 Å². The Balaban J connectivity index is 2.06. The van der Waals surface area contributed by atoms with E-state index in [4.69, 9.17) is 9.26 Å². The van der Waals surface area contributed by atoms with Crippen LogP contribution < -0.4 is 0 Å². The third kappa shape index (κ3) is 4.39. The van der Waals surface area contributed by atoms with Gasteiger partial charge in [-0.1, -0.05) is 12.1 Å². The molecule has 2 rings (SSSR count). The van der Waals surface area contributed by atoms with Gasteiger partial charge in [0.15, 0.2) is 16.4 Å². The lowest BCUT2D eigenvalue weighted by Gasteiger charge is -2.33. The van der Waals surface area contributed by atoms with Gasteiger partial charge < -0.3 is 14.2 Å². The average Bonchev–Trinajstić information content (AvgIpc) is 3.06. The summed E-state index contributed by atoms with van der Waals surface area (Å²) in [7, 11) is -3.12. The molecule has 0 aliphatic carbocycles. The number of carbonyl (C=O) groups excluding carboxylic acids is 2. The molecule has 0 aromatic carbocycles. The molecule has 1 aliphatic heterocycles. The van der Waals surface area contributed by atoms with Gasteiger partial charge in [-0.15, -0.1) is 0 Å². The molecule has 2 atom stereocenters. The number of esters is 1. The van der Waals surface area contributed by atoms with Gasteiger partial charge in [-0.05, 0) is 33.6 Å². The molecular weight excluding hydrogens is 348 g/mol. The molecule has 0 N–H and O–H groups in total. The fraction of sp³-hybridized carbons (Fsp3) is 0.688. The molecule has 1 aromatic heterocycles. The van der Waals surface area contributed by atoms with Crippen molar-refractivity contribution < 1.29 is 27.3 Å². The summed E-state index contributed by atoms with van der Waals surface area (Å²) in [5.41, 5.74) is 0.613. The predicted molar refractivity (Wildman–Crippen MR) is 89.9 cm³/mol. The quantitative estimate of drug-likeness (QED) is 0.692. The minimum Gasteiger partial charge on any atom is -0.452 e. The molecule has 8 nitrogen and oxygen atoms in total. The van der Waals surface area contributed by atoms with Gasteiger partial charge in [-0.3, -0.25) is 4.79 Å². The molecule has 1 aromatic rings. The fourth-order valence-corrected chi connectivity index (χ4v) is 4.76. The Kier molecular flexibility index (Phi) is 5.87. The number of rotatable bonds is 6. The standard InChI is InChI=1S/C16H24N2O6S/c1-5-10(2)18(13-6-7-25(21,22)9-13)14(19)8-23-16(20)15-11(3)17-24-12(15)4/h10,13H,5-9H2,1-4H3/t10-,13-/m1/s1. The lowest BCUT2D eigenvalue weighted by Crippen LogP contribution is -2.48. The van der Waals surface area contributed by atoms with Crippen LogP contribution in [0.15, 0.2) is 4.52 Å². The van der Waals surface area contributed by atoms with E-state index in [9.17, 15) is 18.0 Å². The highest BCUT2D eigenvalue weighted by atomic mass is 32.2. The Morgan fingerprint density at radius 3 is 2.56 bits per heavy atom. The third-order valence-electron chi connectivity index (χ3n) is 4.52. The second-order valence-corrected chi connectivity index (χ2v) is 8.62. The summed E-state index contributed by atoms with van der Waals surface area (Å²) in [5, 5.41) is 3.68. The van der Waals surface area contributed by atoms with Crippen LogP contribution in [0, 0.1) is 13.8 Å². The van der Waals surface area contributed by atoms with Crippen molar-refractivity contribution in [1.82, 2.24) is 10.1 Å². The summed E-state index contributed by atoms with van der Waals surface area (Å²) in [6.45, 7) is 6.55. The third-order valence-corrected chi connectivity index (χ3v) is 6.27. The Morgan fingerprint density at radius 1 is 1.40 bits per heavy atom. The number of aryl methyl sites for hydroxylation is 2. The number of carbonyl (C=O) groups is 2. The van der Waals surface area contributed by atoms with Crippen molar-refractivity contribution in [3.63, 3.8) is 0 Å². The largest absolute Gasteiger partial charge is 0.452 e. The van der Waals surface area contributed by atoms with Crippen LogP contribution in [-0.2, 0) is 19.4 Å². The number of ether oxygens (including phenoxy) is 1. The van der Waals surface area contributed by atoms with Gasteiger partial charge in [0.2, 0.25) is 0 Å². The normalized spacial score (nSPS) is 20.2. The second kappa shape index (κ2) is 7.55. The van der Waals surface area contributed by atoms with Crippen LogP contribution >= 0.6 is 0 Å². The number of aromatic nitrogens is 1. The molecule has 0 unspecified atom stereocenters. The second-order valence-electron chi connectivity index (χ2n) is 6.39. The lowest BCUT2D eigenvalue weighted by atomic mass is 10.1. The van der Waals surface area contributed by atoms with Gasteiger partial charge in [-0.2, -0.15) is 0 Å². The minimum absolute atomic E-state index is 0.0408. The van der Waals surface area contributed by atoms with Gasteiger partial charge in [-0.25, -0.2) is 13.2 Å². The first-order valence-corrected chi connectivity index (χ1v) is 10.1. The zero-order valence-corrected chi connectivity index (χ0v) is 15.8. The van der Waals surface area contributed by atoms with Crippen LogP contribution in [0.4, 0.5) is 0 Å². The Hall–Kier alpha value is -1.90. The van der Waals surface area contributed by atoms with E-state index in [0.29, 0.717) is 24.3 Å². The maximum Gasteiger partial charge on any atom is 0.344 e. The number of hydrogen-bond donors (Lipinski definition) is 0. The molecule has 2 heterocycles. The first-order valence-electron chi connectivity index (χ1n) is 8.27. The highest BCUT2D eigenvalue weighted by Gasteiger charge is 2.37. The van der Waals surface area contributed by atoms with E-state index >= 15 is 0 Å². The molecule has 1 saturated heterocycles. The van der Waals surface area contributed by atoms with Gasteiger partial charge in [0, 0.05) is 12.1 Å². The summed E-state index contributed by atoms with van der Waals surface area (Å²) in [6, 6.07) is -0.506. The highest BCUT2D eigenvalue weighted by Crippen LogP contribution is 2.22. The number of amides is 1. The topological polar surface area (TPSA) is 107 Å². The number of sulfone groups is 1. The zero-order valence-electron chi connectivity index (χ0n) is 14.9. The molecule has 0 bridgehead atoms. The van der Waals surface area contributed by atoms with E-state index in [1.807, 2.05) is 13.8 Å². The van der Waals surface area contributed by atoms with Gasteiger partial charge in [0.25, 0.3) is 5.91 Å². The van der Waals surface area contributed by atoms with E-state index < -0.39 is 28.3 Å². The summed E-state index contributed by atoms with van der Waals surface area (Å²) < 4.78 is 33.5. The van der Waals surface area contributed by atoms with E-state index in [1.165, 1.54) is 0 Å². The molecule has 1 amide bonds. The molecule has 0 saturated carbocycles. The van der Waals surface area contributed by atoms with Crippen LogP contribution in [0.5, 0.6) is 0 Å². The molecule has 0 radical (unpaired) electrons. The van der Waals surface area contributed by atoms with Crippen LogP contribution in [0.25, 0.3) is 0 Å². The van der Waals surface area contributed by atoms with Crippen LogP contribution in [-0.4, -0.2) is 60.5 Å². The van der Waals surface area contributed by atoms with Gasteiger partial charge >= 0.3 is 5.97 Å². The maximum absolute atomic E-state index is 12.6. The molecule has 25 heavy (non-hydrogen) atoms. The summed E-state index contributed by atoms with van der Waals surface area (Å²) in [4.78, 5) is 26.3. The van der Waals surface area contributed by atoms with E-state index in [0.717, 1.165) is 0 Å².